The number of para-hydroxylation sites is 1. The van der Waals surface area contributed by atoms with Crippen LogP contribution in [0.2, 0.25) is 0 Å². The smallest absolute Gasteiger partial charge is 0.340 e. The van der Waals surface area contributed by atoms with E-state index < -0.39 is 5.97 Å². The van der Waals surface area contributed by atoms with E-state index in [2.05, 4.69) is 4.98 Å². The molecule has 1 amide bonds. The zero-order valence-electron chi connectivity index (χ0n) is 15.0. The van der Waals surface area contributed by atoms with Crippen LogP contribution in [0.4, 0.5) is 0 Å². The molecule has 1 saturated heterocycles. The number of esters is 1. The van der Waals surface area contributed by atoms with Crippen LogP contribution in [0.25, 0.3) is 10.9 Å². The summed E-state index contributed by atoms with van der Waals surface area (Å²) in [6, 6.07) is 7.92. The van der Waals surface area contributed by atoms with Crippen molar-refractivity contribution in [3.63, 3.8) is 0 Å². The number of hydrogen-bond donors (Lipinski definition) is 0. The van der Waals surface area contributed by atoms with Crippen LogP contribution in [0.5, 0.6) is 0 Å². The van der Waals surface area contributed by atoms with Crippen LogP contribution < -0.4 is 0 Å². The quantitative estimate of drug-likeness (QED) is 0.804. The van der Waals surface area contributed by atoms with E-state index in [0.29, 0.717) is 11.3 Å². The molecule has 5 heteroatoms. The summed E-state index contributed by atoms with van der Waals surface area (Å²) in [5, 5.41) is 0.927. The van der Waals surface area contributed by atoms with Gasteiger partial charge in [-0.1, -0.05) is 18.2 Å². The molecule has 0 radical (unpaired) electrons. The van der Waals surface area contributed by atoms with Crippen molar-refractivity contribution in [1.82, 2.24) is 9.88 Å². The zero-order chi connectivity index (χ0) is 18.0. The van der Waals surface area contributed by atoms with Gasteiger partial charge in [-0.05, 0) is 51.7 Å². The van der Waals surface area contributed by atoms with Gasteiger partial charge in [0.15, 0.2) is 6.61 Å². The first kappa shape index (κ1) is 17.4. The van der Waals surface area contributed by atoms with Gasteiger partial charge < -0.3 is 9.64 Å². The molecule has 1 aliphatic rings. The van der Waals surface area contributed by atoms with Gasteiger partial charge in [0.1, 0.15) is 0 Å². The number of amides is 1. The fourth-order valence-corrected chi connectivity index (χ4v) is 3.58. The summed E-state index contributed by atoms with van der Waals surface area (Å²) in [7, 11) is 0. The van der Waals surface area contributed by atoms with Crippen LogP contribution in [-0.2, 0) is 9.53 Å². The van der Waals surface area contributed by atoms with Crippen molar-refractivity contribution in [2.24, 2.45) is 0 Å². The summed E-state index contributed by atoms with van der Waals surface area (Å²) in [6.45, 7) is 6.26. The summed E-state index contributed by atoms with van der Waals surface area (Å²) >= 11 is 0. The SMILES string of the molecule is Cc1nc2ccccc2c(C)c1C(=O)OCC(=O)N1CCCC[C@H]1C. The molecule has 5 nitrogen and oxygen atoms in total. The predicted molar refractivity (Wildman–Crippen MR) is 96.5 cm³/mol. The molecule has 0 saturated carbocycles. The number of rotatable bonds is 3. The number of hydrogen-bond acceptors (Lipinski definition) is 4. The minimum Gasteiger partial charge on any atom is -0.452 e. The first-order valence-corrected chi connectivity index (χ1v) is 8.81. The highest BCUT2D eigenvalue weighted by atomic mass is 16.5. The van der Waals surface area contributed by atoms with E-state index in [9.17, 15) is 9.59 Å². The number of ether oxygens (including phenoxy) is 1. The third kappa shape index (κ3) is 3.50. The standard InChI is InChI=1S/C20H24N2O3/c1-13-8-6-7-11-22(13)18(23)12-25-20(24)19-14(2)16-9-4-5-10-17(16)21-15(19)3/h4-5,9-10,13H,6-8,11-12H2,1-3H3/t13-/m1/s1. The molecule has 0 aliphatic carbocycles. The maximum absolute atomic E-state index is 12.6. The van der Waals surface area contributed by atoms with Gasteiger partial charge in [0.25, 0.3) is 5.91 Å². The molecule has 2 aromatic rings. The second-order valence-electron chi connectivity index (χ2n) is 6.72. The largest absolute Gasteiger partial charge is 0.452 e. The Morgan fingerprint density at radius 2 is 2.00 bits per heavy atom. The van der Waals surface area contributed by atoms with Crippen molar-refractivity contribution in [1.29, 1.82) is 0 Å². The van der Waals surface area contributed by atoms with E-state index in [0.717, 1.165) is 42.3 Å². The highest BCUT2D eigenvalue weighted by Crippen LogP contribution is 2.23. The van der Waals surface area contributed by atoms with Gasteiger partial charge in [-0.3, -0.25) is 9.78 Å². The van der Waals surface area contributed by atoms with Gasteiger partial charge in [0.2, 0.25) is 0 Å². The minimum absolute atomic E-state index is 0.121. The predicted octanol–water partition coefficient (Wildman–Crippen LogP) is 3.41. The van der Waals surface area contributed by atoms with E-state index in [1.54, 1.807) is 6.92 Å². The number of pyridine rings is 1. The van der Waals surface area contributed by atoms with E-state index in [1.807, 2.05) is 43.0 Å². The van der Waals surface area contributed by atoms with Gasteiger partial charge in [0.05, 0.1) is 16.8 Å². The molecule has 0 unspecified atom stereocenters. The molecule has 1 fully saturated rings. The molecule has 25 heavy (non-hydrogen) atoms. The number of carbonyl (C=O) groups is 2. The lowest BCUT2D eigenvalue weighted by Crippen LogP contribution is -2.44. The molecule has 2 heterocycles. The third-order valence-corrected chi connectivity index (χ3v) is 4.99. The Hall–Kier alpha value is -2.43. The second-order valence-corrected chi connectivity index (χ2v) is 6.72. The average molecular weight is 340 g/mol. The Labute approximate surface area is 148 Å². The molecule has 1 atom stereocenters. The van der Waals surface area contributed by atoms with Crippen molar-refractivity contribution < 1.29 is 14.3 Å². The summed E-state index contributed by atoms with van der Waals surface area (Å²) in [5.74, 6) is -0.601. The minimum atomic E-state index is -0.480. The number of aromatic nitrogens is 1. The summed E-state index contributed by atoms with van der Waals surface area (Å²) in [6.07, 6.45) is 3.16. The fraction of sp³-hybridized carbons (Fsp3) is 0.450. The first-order chi connectivity index (χ1) is 12.0. The molecule has 3 rings (SSSR count). The van der Waals surface area contributed by atoms with Crippen LogP contribution in [0.3, 0.4) is 0 Å². The highest BCUT2D eigenvalue weighted by Gasteiger charge is 2.25. The molecular formula is C20H24N2O3. The number of fused-ring (bicyclic) bond motifs is 1. The molecule has 0 N–H and O–H groups in total. The van der Waals surface area contributed by atoms with Crippen molar-refractivity contribution in [3.8, 4) is 0 Å². The van der Waals surface area contributed by atoms with Gasteiger partial charge in [-0.2, -0.15) is 0 Å². The van der Waals surface area contributed by atoms with Gasteiger partial charge in [0, 0.05) is 18.0 Å². The number of piperidine rings is 1. The Bertz CT molecular complexity index is 816. The molecule has 132 valence electrons. The number of likely N-dealkylation sites (tertiary alicyclic amines) is 1. The van der Waals surface area contributed by atoms with Crippen LogP contribution in [-0.4, -0.2) is 41.0 Å². The average Bonchev–Trinajstić information content (AvgIpc) is 2.60. The lowest BCUT2D eigenvalue weighted by atomic mass is 10.0. The Morgan fingerprint density at radius 1 is 1.24 bits per heavy atom. The number of aryl methyl sites for hydroxylation is 2. The molecular weight excluding hydrogens is 316 g/mol. The number of nitrogens with zero attached hydrogens (tertiary/aromatic N) is 2. The van der Waals surface area contributed by atoms with E-state index in [1.165, 1.54) is 0 Å². The fourth-order valence-electron chi connectivity index (χ4n) is 3.58. The lowest BCUT2D eigenvalue weighted by molar-refractivity contribution is -0.137. The third-order valence-electron chi connectivity index (χ3n) is 4.99. The molecule has 1 aromatic heterocycles. The normalized spacial score (nSPS) is 17.6. The highest BCUT2D eigenvalue weighted by molar-refractivity contribution is 5.99. The Morgan fingerprint density at radius 3 is 2.76 bits per heavy atom. The van der Waals surface area contributed by atoms with E-state index in [4.69, 9.17) is 4.74 Å². The summed E-state index contributed by atoms with van der Waals surface area (Å²) in [5.41, 5.74) is 2.78. The molecule has 0 bridgehead atoms. The van der Waals surface area contributed by atoms with Crippen LogP contribution in [0.15, 0.2) is 24.3 Å². The van der Waals surface area contributed by atoms with Crippen LogP contribution in [0, 0.1) is 13.8 Å². The van der Waals surface area contributed by atoms with E-state index in [-0.39, 0.29) is 18.6 Å². The zero-order valence-corrected chi connectivity index (χ0v) is 15.0. The summed E-state index contributed by atoms with van der Waals surface area (Å²) in [4.78, 5) is 31.2. The Kier molecular flexibility index (Phi) is 5.02. The van der Waals surface area contributed by atoms with Gasteiger partial charge in [-0.25, -0.2) is 4.79 Å². The van der Waals surface area contributed by atoms with Crippen molar-refractivity contribution in [3.05, 3.63) is 41.1 Å². The van der Waals surface area contributed by atoms with Crippen molar-refractivity contribution in [2.75, 3.05) is 13.2 Å². The van der Waals surface area contributed by atoms with Crippen molar-refractivity contribution >= 4 is 22.8 Å². The molecule has 1 aliphatic heterocycles. The maximum atomic E-state index is 12.6. The second kappa shape index (κ2) is 7.21. The van der Waals surface area contributed by atoms with Gasteiger partial charge in [-0.15, -0.1) is 0 Å². The Balaban J connectivity index is 1.75. The maximum Gasteiger partial charge on any atom is 0.340 e. The first-order valence-electron chi connectivity index (χ1n) is 8.81. The summed E-state index contributed by atoms with van der Waals surface area (Å²) < 4.78 is 5.33. The van der Waals surface area contributed by atoms with Crippen LogP contribution >= 0.6 is 0 Å². The van der Waals surface area contributed by atoms with Gasteiger partial charge >= 0.3 is 5.97 Å². The molecule has 1 aromatic carbocycles. The van der Waals surface area contributed by atoms with Crippen LogP contribution in [0.1, 0.15) is 47.8 Å². The lowest BCUT2D eigenvalue weighted by Gasteiger charge is -2.33. The number of carbonyl (C=O) groups excluding carboxylic acids is 2. The number of benzene rings is 1. The van der Waals surface area contributed by atoms with E-state index >= 15 is 0 Å². The monoisotopic (exact) mass is 340 g/mol. The topological polar surface area (TPSA) is 59.5 Å². The molecule has 0 spiro atoms. The van der Waals surface area contributed by atoms with Crippen molar-refractivity contribution in [2.45, 2.75) is 46.1 Å².